The molecular weight excluding hydrogens is 340 g/mol. The molecule has 0 spiro atoms. The van der Waals surface area contributed by atoms with Crippen molar-refractivity contribution in [3.05, 3.63) is 62.1 Å². The largest absolute Gasteiger partial charge is 0.507 e. The predicted molar refractivity (Wildman–Crippen MR) is 81.6 cm³/mol. The van der Waals surface area contributed by atoms with E-state index < -0.39 is 10.8 Å². The maximum Gasteiger partial charge on any atom is 0.274 e. The number of nitro groups is 1. The minimum atomic E-state index is -0.543. The van der Waals surface area contributed by atoms with E-state index in [2.05, 4.69) is 21.2 Å². The fourth-order valence-corrected chi connectivity index (χ4v) is 2.13. The lowest BCUT2D eigenvalue weighted by molar-refractivity contribution is -0.385. The van der Waals surface area contributed by atoms with Gasteiger partial charge in [-0.2, -0.15) is 0 Å². The third-order valence-electron chi connectivity index (χ3n) is 2.87. The Kier molecular flexibility index (Phi) is 4.23. The SMILES string of the molecule is Cc1ccc(NC(=O)c2ccc(Br)cc2O)cc1[N+](=O)[O-]. The highest BCUT2D eigenvalue weighted by Gasteiger charge is 2.15. The second-order valence-electron chi connectivity index (χ2n) is 4.37. The molecule has 6 nitrogen and oxygen atoms in total. The molecule has 0 aliphatic heterocycles. The summed E-state index contributed by atoms with van der Waals surface area (Å²) in [6, 6.07) is 8.87. The lowest BCUT2D eigenvalue weighted by Crippen LogP contribution is -2.12. The molecule has 0 radical (unpaired) electrons. The molecule has 0 heterocycles. The molecule has 0 aliphatic carbocycles. The average molecular weight is 351 g/mol. The van der Waals surface area contributed by atoms with E-state index in [1.807, 2.05) is 0 Å². The molecule has 0 bridgehead atoms. The summed E-state index contributed by atoms with van der Waals surface area (Å²) in [5.41, 5.74) is 0.804. The summed E-state index contributed by atoms with van der Waals surface area (Å²) in [5, 5.41) is 23.1. The van der Waals surface area contributed by atoms with Crippen molar-refractivity contribution in [3.8, 4) is 5.75 Å². The minimum absolute atomic E-state index is 0.0761. The second kappa shape index (κ2) is 5.92. The van der Waals surface area contributed by atoms with Gasteiger partial charge in [0.2, 0.25) is 0 Å². The first kappa shape index (κ1) is 15.0. The Morgan fingerprint density at radius 1 is 1.29 bits per heavy atom. The van der Waals surface area contributed by atoms with Gasteiger partial charge in [-0.15, -0.1) is 0 Å². The molecule has 2 N–H and O–H groups in total. The van der Waals surface area contributed by atoms with Crippen LogP contribution in [0.3, 0.4) is 0 Å². The highest BCUT2D eigenvalue weighted by molar-refractivity contribution is 9.10. The molecule has 0 aliphatic rings. The van der Waals surface area contributed by atoms with Crippen LogP contribution in [0.1, 0.15) is 15.9 Å². The molecule has 21 heavy (non-hydrogen) atoms. The van der Waals surface area contributed by atoms with Crippen molar-refractivity contribution in [3.63, 3.8) is 0 Å². The molecule has 0 unspecified atom stereocenters. The van der Waals surface area contributed by atoms with Crippen LogP contribution in [-0.4, -0.2) is 15.9 Å². The van der Waals surface area contributed by atoms with E-state index in [1.54, 1.807) is 25.1 Å². The number of carbonyl (C=O) groups is 1. The quantitative estimate of drug-likeness (QED) is 0.652. The number of phenolic OH excluding ortho intramolecular Hbond substituents is 1. The average Bonchev–Trinajstić information content (AvgIpc) is 2.40. The van der Waals surface area contributed by atoms with Gasteiger partial charge in [-0.25, -0.2) is 0 Å². The van der Waals surface area contributed by atoms with Gasteiger partial charge in [0.05, 0.1) is 10.5 Å². The van der Waals surface area contributed by atoms with E-state index in [0.29, 0.717) is 15.7 Å². The summed E-state index contributed by atoms with van der Waals surface area (Å²) in [6.45, 7) is 1.62. The van der Waals surface area contributed by atoms with Crippen molar-refractivity contribution >= 4 is 33.2 Å². The Morgan fingerprint density at radius 2 is 2.00 bits per heavy atom. The molecule has 0 saturated carbocycles. The maximum atomic E-state index is 12.1. The van der Waals surface area contributed by atoms with Gasteiger partial charge in [-0.1, -0.05) is 22.0 Å². The molecule has 1 amide bonds. The number of aromatic hydroxyl groups is 1. The Balaban J connectivity index is 2.27. The highest BCUT2D eigenvalue weighted by Crippen LogP contribution is 2.25. The number of anilines is 1. The molecule has 7 heteroatoms. The van der Waals surface area contributed by atoms with Gasteiger partial charge in [-0.05, 0) is 31.2 Å². The van der Waals surface area contributed by atoms with Crippen molar-refractivity contribution < 1.29 is 14.8 Å². The standard InChI is InChI=1S/C14H11BrN2O4/c1-8-2-4-10(7-12(8)17(20)21)16-14(19)11-5-3-9(15)6-13(11)18/h2-7,18H,1H3,(H,16,19). The molecule has 0 aromatic heterocycles. The summed E-state index contributed by atoms with van der Waals surface area (Å²) in [5.74, 6) is -0.721. The fraction of sp³-hybridized carbons (Fsp3) is 0.0714. The Labute approximate surface area is 128 Å². The Hall–Kier alpha value is -2.41. The minimum Gasteiger partial charge on any atom is -0.507 e. The van der Waals surface area contributed by atoms with Gasteiger partial charge in [0, 0.05) is 21.8 Å². The normalized spacial score (nSPS) is 10.2. The monoisotopic (exact) mass is 350 g/mol. The molecule has 0 fully saturated rings. The zero-order valence-corrected chi connectivity index (χ0v) is 12.5. The fourth-order valence-electron chi connectivity index (χ4n) is 1.78. The molecule has 2 aromatic carbocycles. The summed E-state index contributed by atoms with van der Waals surface area (Å²) in [6.07, 6.45) is 0. The molecule has 0 atom stereocenters. The molecule has 108 valence electrons. The summed E-state index contributed by atoms with van der Waals surface area (Å²) < 4.78 is 0.641. The molecule has 0 saturated heterocycles. The summed E-state index contributed by atoms with van der Waals surface area (Å²) in [7, 11) is 0. The molecule has 2 rings (SSSR count). The van der Waals surface area contributed by atoms with E-state index in [1.165, 1.54) is 18.2 Å². The zero-order chi connectivity index (χ0) is 15.6. The zero-order valence-electron chi connectivity index (χ0n) is 11.0. The first-order chi connectivity index (χ1) is 9.88. The van der Waals surface area contributed by atoms with Crippen LogP contribution in [0.15, 0.2) is 40.9 Å². The number of rotatable bonds is 3. The second-order valence-corrected chi connectivity index (χ2v) is 5.29. The van der Waals surface area contributed by atoms with Gasteiger partial charge >= 0.3 is 0 Å². The third kappa shape index (κ3) is 3.38. The maximum absolute atomic E-state index is 12.1. The third-order valence-corrected chi connectivity index (χ3v) is 3.36. The lowest BCUT2D eigenvalue weighted by atomic mass is 10.1. The van der Waals surface area contributed by atoms with Crippen molar-refractivity contribution in [2.24, 2.45) is 0 Å². The Morgan fingerprint density at radius 3 is 2.62 bits per heavy atom. The van der Waals surface area contributed by atoms with Crippen LogP contribution in [0, 0.1) is 17.0 Å². The van der Waals surface area contributed by atoms with E-state index in [0.717, 1.165) is 0 Å². The summed E-state index contributed by atoms with van der Waals surface area (Å²) in [4.78, 5) is 22.4. The smallest absolute Gasteiger partial charge is 0.274 e. The van der Waals surface area contributed by atoms with Crippen LogP contribution in [0.25, 0.3) is 0 Å². The van der Waals surface area contributed by atoms with Gasteiger partial charge < -0.3 is 10.4 Å². The number of phenols is 1. The topological polar surface area (TPSA) is 92.5 Å². The first-order valence-electron chi connectivity index (χ1n) is 5.93. The van der Waals surface area contributed by atoms with Gasteiger partial charge in [0.15, 0.2) is 0 Å². The van der Waals surface area contributed by atoms with Crippen LogP contribution in [0.5, 0.6) is 5.75 Å². The summed E-state index contributed by atoms with van der Waals surface area (Å²) >= 11 is 3.18. The van der Waals surface area contributed by atoms with E-state index >= 15 is 0 Å². The number of hydrogen-bond acceptors (Lipinski definition) is 4. The van der Waals surface area contributed by atoms with Gasteiger partial charge in [0.1, 0.15) is 5.75 Å². The number of nitrogens with one attached hydrogen (secondary N) is 1. The number of carbonyl (C=O) groups excluding carboxylic acids is 1. The van der Waals surface area contributed by atoms with Crippen molar-refractivity contribution in [1.82, 2.24) is 0 Å². The number of benzene rings is 2. The van der Waals surface area contributed by atoms with Crippen molar-refractivity contribution in [2.45, 2.75) is 6.92 Å². The number of halogens is 1. The van der Waals surface area contributed by atoms with Crippen LogP contribution < -0.4 is 5.32 Å². The predicted octanol–water partition coefficient (Wildman–Crippen LogP) is 3.62. The molecule has 2 aromatic rings. The van der Waals surface area contributed by atoms with Gasteiger partial charge in [-0.3, -0.25) is 14.9 Å². The van der Waals surface area contributed by atoms with Crippen LogP contribution in [-0.2, 0) is 0 Å². The van der Waals surface area contributed by atoms with Crippen molar-refractivity contribution in [1.29, 1.82) is 0 Å². The number of aryl methyl sites for hydroxylation is 1. The number of nitrogens with zero attached hydrogens (tertiary/aromatic N) is 1. The number of hydrogen-bond donors (Lipinski definition) is 2. The van der Waals surface area contributed by atoms with Crippen molar-refractivity contribution in [2.75, 3.05) is 5.32 Å². The first-order valence-corrected chi connectivity index (χ1v) is 6.72. The van der Waals surface area contributed by atoms with E-state index in [9.17, 15) is 20.0 Å². The number of amides is 1. The van der Waals surface area contributed by atoms with Gasteiger partial charge in [0.25, 0.3) is 11.6 Å². The molecular formula is C14H11BrN2O4. The van der Waals surface area contributed by atoms with E-state index in [-0.39, 0.29) is 17.0 Å². The van der Waals surface area contributed by atoms with Crippen LogP contribution >= 0.6 is 15.9 Å². The number of nitro benzene ring substituents is 1. The van der Waals surface area contributed by atoms with E-state index in [4.69, 9.17) is 0 Å². The Bertz CT molecular complexity index is 731. The van der Waals surface area contributed by atoms with Crippen LogP contribution in [0.4, 0.5) is 11.4 Å². The highest BCUT2D eigenvalue weighted by atomic mass is 79.9. The van der Waals surface area contributed by atoms with Crippen LogP contribution in [0.2, 0.25) is 0 Å². The lowest BCUT2D eigenvalue weighted by Gasteiger charge is -2.08.